The number of hydrogen-bond acceptors (Lipinski definition) is 3. The summed E-state index contributed by atoms with van der Waals surface area (Å²) < 4.78 is 4.64. The highest BCUT2D eigenvalue weighted by molar-refractivity contribution is 7.07. The van der Waals surface area contributed by atoms with Gasteiger partial charge in [0.2, 0.25) is 0 Å². The number of fused-ring (bicyclic) bond motifs is 1. The minimum absolute atomic E-state index is 1.03. The lowest BCUT2D eigenvalue weighted by Gasteiger charge is -2.22. The van der Waals surface area contributed by atoms with Crippen molar-refractivity contribution < 1.29 is 0 Å². The smallest absolute Gasteiger partial charge is 0.150 e. The van der Waals surface area contributed by atoms with E-state index in [2.05, 4.69) is 47.4 Å². The number of nitrogens with zero attached hydrogens (tertiary/aromatic N) is 2. The lowest BCUT2D eigenvalue weighted by Crippen LogP contribution is -2.25. The molecule has 0 bridgehead atoms. The highest BCUT2D eigenvalue weighted by Crippen LogP contribution is 2.31. The Morgan fingerprint density at radius 2 is 1.88 bits per heavy atom. The summed E-state index contributed by atoms with van der Waals surface area (Å²) >= 11 is 1.62. The predicted octanol–water partition coefficient (Wildman–Crippen LogP) is 4.20. The third kappa shape index (κ3) is 2.78. The second kappa shape index (κ2) is 6.01. The molecular weight excluding hydrogens is 228 g/mol. The normalized spacial score (nSPS) is 13.5. The van der Waals surface area contributed by atoms with Crippen LogP contribution >= 0.6 is 11.5 Å². The lowest BCUT2D eigenvalue weighted by atomic mass is 10.2. The second-order valence-electron chi connectivity index (χ2n) is 4.31. The summed E-state index contributed by atoms with van der Waals surface area (Å²) in [5.74, 6) is 1.18. The van der Waals surface area contributed by atoms with Crippen LogP contribution in [0.15, 0.2) is 12.2 Å². The van der Waals surface area contributed by atoms with Gasteiger partial charge in [0, 0.05) is 18.7 Å². The molecule has 0 aliphatic heterocycles. The zero-order chi connectivity index (χ0) is 12.1. The first-order valence-electron chi connectivity index (χ1n) is 6.44. The van der Waals surface area contributed by atoms with E-state index in [0.717, 1.165) is 19.5 Å². The fraction of sp³-hybridized carbons (Fsp3) is 0.500. The Bertz CT molecular complexity index is 412. The number of aromatic nitrogens is 1. The first-order chi connectivity index (χ1) is 8.36. The third-order valence-corrected chi connectivity index (χ3v) is 3.67. The van der Waals surface area contributed by atoms with Crippen molar-refractivity contribution in [3.8, 4) is 0 Å². The molecule has 1 heterocycles. The van der Waals surface area contributed by atoms with Crippen LogP contribution in [-0.4, -0.2) is 17.5 Å². The number of rotatable bonds is 5. The van der Waals surface area contributed by atoms with Gasteiger partial charge in [0.05, 0.1) is 4.88 Å². The maximum atomic E-state index is 4.64. The molecule has 92 valence electrons. The molecule has 3 heteroatoms. The molecule has 0 unspecified atom stereocenters. The minimum Gasteiger partial charge on any atom is -0.355 e. The second-order valence-corrected chi connectivity index (χ2v) is 5.12. The van der Waals surface area contributed by atoms with Gasteiger partial charge in [0.1, 0.15) is 5.82 Å². The Balaban J connectivity index is 2.31. The standard InChI is InChI=1S/C14H20N2S/c1-3-10-16(11-4-2)14-12-8-6-5-7-9-13(12)17-15-14/h6-9H,3-5,10-11H2,1-2H3. The van der Waals surface area contributed by atoms with Crippen LogP contribution in [0.2, 0.25) is 0 Å². The minimum atomic E-state index is 1.03. The van der Waals surface area contributed by atoms with Crippen molar-refractivity contribution in [2.24, 2.45) is 0 Å². The van der Waals surface area contributed by atoms with Crippen LogP contribution in [0.25, 0.3) is 12.2 Å². The molecule has 0 amide bonds. The Hall–Kier alpha value is -1.09. The molecule has 0 saturated heterocycles. The zero-order valence-corrected chi connectivity index (χ0v) is 11.5. The Morgan fingerprint density at radius 1 is 1.18 bits per heavy atom. The summed E-state index contributed by atoms with van der Waals surface area (Å²) in [7, 11) is 0. The Labute approximate surface area is 108 Å². The molecule has 0 radical (unpaired) electrons. The zero-order valence-electron chi connectivity index (χ0n) is 10.6. The largest absolute Gasteiger partial charge is 0.355 e. The molecule has 17 heavy (non-hydrogen) atoms. The van der Waals surface area contributed by atoms with Crippen LogP contribution in [0, 0.1) is 0 Å². The van der Waals surface area contributed by atoms with Crippen molar-refractivity contribution in [1.29, 1.82) is 0 Å². The van der Waals surface area contributed by atoms with Crippen molar-refractivity contribution in [3.63, 3.8) is 0 Å². The van der Waals surface area contributed by atoms with Gasteiger partial charge in [-0.2, -0.15) is 4.37 Å². The third-order valence-electron chi connectivity index (χ3n) is 2.85. The summed E-state index contributed by atoms with van der Waals surface area (Å²) in [6, 6.07) is 0. The summed E-state index contributed by atoms with van der Waals surface area (Å²) in [5.41, 5.74) is 1.31. The van der Waals surface area contributed by atoms with Gasteiger partial charge in [0.25, 0.3) is 0 Å². The molecule has 0 aromatic carbocycles. The van der Waals surface area contributed by atoms with E-state index < -0.39 is 0 Å². The van der Waals surface area contributed by atoms with Crippen molar-refractivity contribution in [3.05, 3.63) is 22.6 Å². The molecular formula is C14H20N2S. The van der Waals surface area contributed by atoms with Gasteiger partial charge in [0.15, 0.2) is 0 Å². The van der Waals surface area contributed by atoms with E-state index in [1.807, 2.05) is 0 Å². The van der Waals surface area contributed by atoms with Crippen LogP contribution in [-0.2, 0) is 0 Å². The van der Waals surface area contributed by atoms with Gasteiger partial charge in [-0.1, -0.05) is 32.1 Å². The van der Waals surface area contributed by atoms with Crippen LogP contribution in [0.5, 0.6) is 0 Å². The molecule has 1 aromatic heterocycles. The summed E-state index contributed by atoms with van der Waals surface area (Å²) in [6.45, 7) is 6.65. The number of hydrogen-bond donors (Lipinski definition) is 0. The van der Waals surface area contributed by atoms with Gasteiger partial charge in [-0.25, -0.2) is 0 Å². The van der Waals surface area contributed by atoms with E-state index in [1.165, 1.54) is 29.1 Å². The summed E-state index contributed by atoms with van der Waals surface area (Å²) in [4.78, 5) is 3.71. The van der Waals surface area contributed by atoms with E-state index in [0.29, 0.717) is 0 Å². The molecule has 0 atom stereocenters. The fourth-order valence-electron chi connectivity index (χ4n) is 2.11. The van der Waals surface area contributed by atoms with Crippen LogP contribution in [0.3, 0.4) is 0 Å². The molecule has 1 aromatic rings. The van der Waals surface area contributed by atoms with Crippen molar-refractivity contribution >= 4 is 29.5 Å². The first kappa shape index (κ1) is 12.4. The Morgan fingerprint density at radius 3 is 2.59 bits per heavy atom. The maximum Gasteiger partial charge on any atom is 0.150 e. The fourth-order valence-corrected chi connectivity index (χ4v) is 2.92. The SMILES string of the molecule is CCCN(CCC)c1nsc2c1C=CCC=C2. The average molecular weight is 248 g/mol. The van der Waals surface area contributed by atoms with Crippen molar-refractivity contribution in [1.82, 2.24) is 4.37 Å². The summed E-state index contributed by atoms with van der Waals surface area (Å²) in [6.07, 6.45) is 12.2. The van der Waals surface area contributed by atoms with E-state index >= 15 is 0 Å². The van der Waals surface area contributed by atoms with Crippen LogP contribution < -0.4 is 4.90 Å². The van der Waals surface area contributed by atoms with Gasteiger partial charge >= 0.3 is 0 Å². The van der Waals surface area contributed by atoms with Crippen LogP contribution in [0.4, 0.5) is 5.82 Å². The maximum absolute atomic E-state index is 4.64. The average Bonchev–Trinajstić information content (AvgIpc) is 2.58. The van der Waals surface area contributed by atoms with Crippen molar-refractivity contribution in [2.75, 3.05) is 18.0 Å². The van der Waals surface area contributed by atoms with Crippen LogP contribution in [0.1, 0.15) is 43.6 Å². The van der Waals surface area contributed by atoms with Crippen molar-refractivity contribution in [2.45, 2.75) is 33.1 Å². The van der Waals surface area contributed by atoms with E-state index in [-0.39, 0.29) is 0 Å². The monoisotopic (exact) mass is 248 g/mol. The van der Waals surface area contributed by atoms with Gasteiger partial charge in [-0.3, -0.25) is 0 Å². The molecule has 0 fully saturated rings. The number of allylic oxidation sites excluding steroid dienone is 2. The quantitative estimate of drug-likeness (QED) is 0.776. The highest BCUT2D eigenvalue weighted by Gasteiger charge is 2.15. The molecule has 2 rings (SSSR count). The highest BCUT2D eigenvalue weighted by atomic mass is 32.1. The number of anilines is 1. The molecule has 1 aliphatic carbocycles. The molecule has 2 nitrogen and oxygen atoms in total. The first-order valence-corrected chi connectivity index (χ1v) is 7.21. The van der Waals surface area contributed by atoms with E-state index in [9.17, 15) is 0 Å². The predicted molar refractivity (Wildman–Crippen MR) is 77.6 cm³/mol. The van der Waals surface area contributed by atoms with E-state index in [4.69, 9.17) is 0 Å². The summed E-state index contributed by atoms with van der Waals surface area (Å²) in [5, 5.41) is 0. The Kier molecular flexibility index (Phi) is 4.37. The topological polar surface area (TPSA) is 16.1 Å². The molecule has 0 spiro atoms. The molecule has 1 aliphatic rings. The lowest BCUT2D eigenvalue weighted by molar-refractivity contribution is 0.738. The molecule has 0 N–H and O–H groups in total. The van der Waals surface area contributed by atoms with Gasteiger partial charge in [-0.05, 0) is 36.9 Å². The van der Waals surface area contributed by atoms with Gasteiger partial charge < -0.3 is 4.90 Å². The molecule has 0 saturated carbocycles. The van der Waals surface area contributed by atoms with E-state index in [1.54, 1.807) is 11.5 Å². The van der Waals surface area contributed by atoms with Gasteiger partial charge in [-0.15, -0.1) is 0 Å².